The normalized spacial score (nSPS) is 12.6. The summed E-state index contributed by atoms with van der Waals surface area (Å²) in [6.07, 6.45) is 0. The Morgan fingerprint density at radius 3 is 1.49 bits per heavy atom. The number of nitrogens with zero attached hydrogens (tertiary/aromatic N) is 2. The molecule has 0 atom stereocenters. The van der Waals surface area contributed by atoms with Gasteiger partial charge < -0.3 is 0 Å². The Bertz CT molecular complexity index is 3440. The number of hydrogen-bond donors (Lipinski definition) is 0. The maximum Gasteiger partial charge on any atom is 0.160 e. The first-order valence-corrected chi connectivity index (χ1v) is 21.6. The number of benzene rings is 10. The topological polar surface area (TPSA) is 25.8 Å². The monoisotopic (exact) mass is 800 g/mol. The van der Waals surface area contributed by atoms with Crippen LogP contribution in [0.1, 0.15) is 22.3 Å². The second-order valence-electron chi connectivity index (χ2n) is 16.4. The van der Waals surface area contributed by atoms with Crippen LogP contribution in [0.4, 0.5) is 0 Å². The fourth-order valence-electron chi connectivity index (χ4n) is 10.2. The Morgan fingerprint density at radius 2 is 0.794 bits per heavy atom. The van der Waals surface area contributed by atoms with Gasteiger partial charge in [0.15, 0.2) is 5.82 Å². The number of hydrogen-bond acceptors (Lipinski definition) is 2. The zero-order valence-electron chi connectivity index (χ0n) is 34.5. The Morgan fingerprint density at radius 1 is 0.286 bits per heavy atom. The van der Waals surface area contributed by atoms with Gasteiger partial charge >= 0.3 is 0 Å². The maximum atomic E-state index is 5.27. The first-order valence-electron chi connectivity index (χ1n) is 21.6. The summed E-state index contributed by atoms with van der Waals surface area (Å²) < 4.78 is 0. The molecule has 1 aliphatic carbocycles. The first kappa shape index (κ1) is 36.6. The fraction of sp³-hybridized carbons (Fsp3) is 0.0164. The highest BCUT2D eigenvalue weighted by Crippen LogP contribution is 2.58. The van der Waals surface area contributed by atoms with Gasteiger partial charge in [0.1, 0.15) is 0 Å². The second-order valence-corrected chi connectivity index (χ2v) is 16.4. The van der Waals surface area contributed by atoms with E-state index in [0.717, 1.165) is 33.5 Å². The minimum atomic E-state index is -0.444. The van der Waals surface area contributed by atoms with E-state index >= 15 is 0 Å². The number of fused-ring (bicyclic) bond motifs is 5. The molecule has 12 rings (SSSR count). The van der Waals surface area contributed by atoms with Crippen molar-refractivity contribution in [2.45, 2.75) is 5.41 Å². The Labute approximate surface area is 367 Å². The van der Waals surface area contributed by atoms with Gasteiger partial charge in [-0.2, -0.15) is 0 Å². The van der Waals surface area contributed by atoms with Crippen LogP contribution in [0.2, 0.25) is 0 Å². The van der Waals surface area contributed by atoms with E-state index in [1.165, 1.54) is 71.8 Å². The average molecular weight is 801 g/mol. The van der Waals surface area contributed by atoms with E-state index in [1.807, 2.05) is 18.2 Å². The van der Waals surface area contributed by atoms with E-state index in [9.17, 15) is 0 Å². The van der Waals surface area contributed by atoms with Gasteiger partial charge in [-0.15, -0.1) is 0 Å². The smallest absolute Gasteiger partial charge is 0.160 e. The molecule has 10 aromatic carbocycles. The predicted octanol–water partition coefficient (Wildman–Crippen LogP) is 15.5. The molecule has 0 unspecified atom stereocenters. The summed E-state index contributed by atoms with van der Waals surface area (Å²) in [5.41, 5.74) is 17.0. The highest BCUT2D eigenvalue weighted by molar-refractivity contribution is 6.06. The quantitative estimate of drug-likeness (QED) is 0.160. The number of rotatable bonds is 7. The minimum Gasteiger partial charge on any atom is -0.228 e. The van der Waals surface area contributed by atoms with E-state index in [2.05, 4.69) is 224 Å². The van der Waals surface area contributed by atoms with Crippen LogP contribution in [-0.4, -0.2) is 9.97 Å². The molecule has 2 heteroatoms. The Kier molecular flexibility index (Phi) is 8.76. The lowest BCUT2D eigenvalue weighted by atomic mass is 9.67. The standard InChI is InChI=1S/C61H40N2/c1-5-18-41(19-6-1)50-29-15-22-42-23-16-31-53(58(42)50)57-40-56(62-60(63-57)43-20-7-2-8-21-43)47-37-35-44-38-46(36-34-45(44)39-47)51-30-17-33-55-59(51)52-28-13-14-32-54(52)61(55,48-24-9-3-10-25-48)49-26-11-4-12-27-49/h1-40H. The van der Waals surface area contributed by atoms with E-state index in [4.69, 9.17) is 9.97 Å². The van der Waals surface area contributed by atoms with Gasteiger partial charge in [-0.1, -0.05) is 224 Å². The van der Waals surface area contributed by atoms with Crippen molar-refractivity contribution in [2.24, 2.45) is 0 Å². The first-order chi connectivity index (χ1) is 31.2. The van der Waals surface area contributed by atoms with Gasteiger partial charge in [-0.05, 0) is 95.4 Å². The van der Waals surface area contributed by atoms with Gasteiger partial charge in [0.2, 0.25) is 0 Å². The molecule has 0 N–H and O–H groups in total. The molecular formula is C61H40N2. The van der Waals surface area contributed by atoms with E-state index < -0.39 is 5.41 Å². The summed E-state index contributed by atoms with van der Waals surface area (Å²) >= 11 is 0. The van der Waals surface area contributed by atoms with Crippen LogP contribution in [0.15, 0.2) is 243 Å². The van der Waals surface area contributed by atoms with Crippen molar-refractivity contribution in [3.05, 3.63) is 265 Å². The highest BCUT2D eigenvalue weighted by atomic mass is 14.9. The Balaban J connectivity index is 1.000. The summed E-state index contributed by atoms with van der Waals surface area (Å²) in [6, 6.07) is 87.7. The molecule has 1 aliphatic rings. The molecule has 294 valence electrons. The molecule has 11 aromatic rings. The lowest BCUT2D eigenvalue weighted by Crippen LogP contribution is -2.28. The lowest BCUT2D eigenvalue weighted by molar-refractivity contribution is 0.768. The zero-order valence-corrected chi connectivity index (χ0v) is 34.5. The van der Waals surface area contributed by atoms with Crippen LogP contribution in [-0.2, 0) is 5.41 Å². The van der Waals surface area contributed by atoms with Gasteiger partial charge in [0, 0.05) is 16.7 Å². The lowest BCUT2D eigenvalue weighted by Gasteiger charge is -2.34. The summed E-state index contributed by atoms with van der Waals surface area (Å²) in [5.74, 6) is 0.702. The van der Waals surface area contributed by atoms with Crippen LogP contribution >= 0.6 is 0 Å². The van der Waals surface area contributed by atoms with Crippen molar-refractivity contribution in [2.75, 3.05) is 0 Å². The third kappa shape index (κ3) is 6.02. The molecule has 0 aliphatic heterocycles. The third-order valence-electron chi connectivity index (χ3n) is 13.0. The molecule has 1 heterocycles. The Hall–Kier alpha value is -8.20. The number of aromatic nitrogens is 2. The van der Waals surface area contributed by atoms with E-state index in [1.54, 1.807) is 0 Å². The summed E-state index contributed by atoms with van der Waals surface area (Å²) in [7, 11) is 0. The molecule has 0 radical (unpaired) electrons. The van der Waals surface area contributed by atoms with Gasteiger partial charge in [0.25, 0.3) is 0 Å². The molecule has 0 bridgehead atoms. The molecule has 63 heavy (non-hydrogen) atoms. The van der Waals surface area contributed by atoms with Gasteiger partial charge in [-0.3, -0.25) is 0 Å². The van der Waals surface area contributed by atoms with Crippen LogP contribution in [0, 0.1) is 0 Å². The molecular weight excluding hydrogens is 761 g/mol. The van der Waals surface area contributed by atoms with Crippen molar-refractivity contribution in [3.8, 4) is 67.3 Å². The minimum absolute atomic E-state index is 0.444. The summed E-state index contributed by atoms with van der Waals surface area (Å²) in [4.78, 5) is 10.5. The SMILES string of the molecule is c1ccc(-c2nc(-c3ccc4cc(-c5cccc6c5-c5ccccc5C6(c5ccccc5)c5ccccc5)ccc4c3)cc(-c3cccc4cccc(-c5ccccc5)c34)n2)cc1. The third-order valence-corrected chi connectivity index (χ3v) is 13.0. The average Bonchev–Trinajstić information content (AvgIpc) is 3.68. The predicted molar refractivity (Wildman–Crippen MR) is 262 cm³/mol. The summed E-state index contributed by atoms with van der Waals surface area (Å²) in [6.45, 7) is 0. The van der Waals surface area contributed by atoms with Crippen molar-refractivity contribution in [1.29, 1.82) is 0 Å². The van der Waals surface area contributed by atoms with Crippen molar-refractivity contribution < 1.29 is 0 Å². The molecule has 1 aromatic heterocycles. The van der Waals surface area contributed by atoms with Crippen LogP contribution in [0.25, 0.3) is 88.8 Å². The van der Waals surface area contributed by atoms with Crippen LogP contribution in [0.3, 0.4) is 0 Å². The van der Waals surface area contributed by atoms with E-state index in [0.29, 0.717) is 5.82 Å². The fourth-order valence-corrected chi connectivity index (χ4v) is 10.2. The van der Waals surface area contributed by atoms with E-state index in [-0.39, 0.29) is 0 Å². The largest absolute Gasteiger partial charge is 0.228 e. The molecule has 0 amide bonds. The molecule has 0 spiro atoms. The van der Waals surface area contributed by atoms with Crippen molar-refractivity contribution in [3.63, 3.8) is 0 Å². The second kappa shape index (κ2) is 15.1. The van der Waals surface area contributed by atoms with Gasteiger partial charge in [0.05, 0.1) is 16.8 Å². The highest BCUT2D eigenvalue weighted by Gasteiger charge is 2.46. The van der Waals surface area contributed by atoms with Crippen molar-refractivity contribution in [1.82, 2.24) is 9.97 Å². The molecule has 0 saturated heterocycles. The van der Waals surface area contributed by atoms with Crippen LogP contribution in [0.5, 0.6) is 0 Å². The van der Waals surface area contributed by atoms with Gasteiger partial charge in [-0.25, -0.2) is 9.97 Å². The summed E-state index contributed by atoms with van der Waals surface area (Å²) in [5, 5.41) is 4.69. The maximum absolute atomic E-state index is 5.27. The van der Waals surface area contributed by atoms with Crippen molar-refractivity contribution >= 4 is 21.5 Å². The van der Waals surface area contributed by atoms with Crippen LogP contribution < -0.4 is 0 Å². The zero-order chi connectivity index (χ0) is 41.7. The molecule has 2 nitrogen and oxygen atoms in total. The molecule has 0 saturated carbocycles. The molecule has 0 fully saturated rings.